The lowest BCUT2D eigenvalue weighted by atomic mass is 10.0. The van der Waals surface area contributed by atoms with Crippen molar-refractivity contribution in [1.82, 2.24) is 15.0 Å². The van der Waals surface area contributed by atoms with Gasteiger partial charge in [0.25, 0.3) is 0 Å². The fourth-order valence-electron chi connectivity index (χ4n) is 3.36. The van der Waals surface area contributed by atoms with Crippen LogP contribution in [0.3, 0.4) is 0 Å². The molecular weight excluding hydrogens is 390 g/mol. The first kappa shape index (κ1) is 27.5. The third-order valence-electron chi connectivity index (χ3n) is 5.36. The van der Waals surface area contributed by atoms with Crippen LogP contribution in [0.25, 0.3) is 0 Å². The van der Waals surface area contributed by atoms with E-state index in [1.807, 2.05) is 30.7 Å². The summed E-state index contributed by atoms with van der Waals surface area (Å²) in [7, 11) is 0. The van der Waals surface area contributed by atoms with Crippen LogP contribution >= 0.6 is 0 Å². The molecule has 32 heavy (non-hydrogen) atoms. The van der Waals surface area contributed by atoms with Gasteiger partial charge in [0.15, 0.2) is 0 Å². The van der Waals surface area contributed by atoms with Crippen LogP contribution in [0.1, 0.15) is 107 Å². The van der Waals surface area contributed by atoms with Gasteiger partial charge in [0, 0.05) is 35.7 Å². The Bertz CT molecular complexity index is 896. The average Bonchev–Trinajstić information content (AvgIpc) is 2.80. The Balaban J connectivity index is 0.000000240. The summed E-state index contributed by atoms with van der Waals surface area (Å²) in [5.41, 5.74) is 7.62. The Hall–Kier alpha value is -2.55. The SMILES string of the molecule is CCc1ccc(C(C)C)cn1.CCc1ncccc1C(C)C.Cc1cccnc1C(C)C. The van der Waals surface area contributed by atoms with Crippen molar-refractivity contribution in [3.8, 4) is 0 Å². The van der Waals surface area contributed by atoms with E-state index in [1.54, 1.807) is 0 Å². The fourth-order valence-corrected chi connectivity index (χ4v) is 3.36. The molecule has 0 amide bonds. The van der Waals surface area contributed by atoms with E-state index >= 15 is 0 Å². The minimum atomic E-state index is 0.543. The maximum atomic E-state index is 4.32. The topological polar surface area (TPSA) is 38.7 Å². The van der Waals surface area contributed by atoms with Crippen LogP contribution in [-0.4, -0.2) is 15.0 Å². The van der Waals surface area contributed by atoms with Gasteiger partial charge in [-0.2, -0.15) is 0 Å². The number of hydrogen-bond donors (Lipinski definition) is 0. The normalized spacial score (nSPS) is 10.5. The molecule has 0 spiro atoms. The highest BCUT2D eigenvalue weighted by Crippen LogP contribution is 2.17. The van der Waals surface area contributed by atoms with Gasteiger partial charge < -0.3 is 0 Å². The smallest absolute Gasteiger partial charge is 0.0458 e. The summed E-state index contributed by atoms with van der Waals surface area (Å²) >= 11 is 0. The second-order valence-electron chi connectivity index (χ2n) is 9.00. The Kier molecular flexibility index (Phi) is 12.5. The monoisotopic (exact) mass is 433 g/mol. The predicted octanol–water partition coefficient (Wildman–Crippen LogP) is 8.05. The van der Waals surface area contributed by atoms with Gasteiger partial charge in [0.1, 0.15) is 0 Å². The quantitative estimate of drug-likeness (QED) is 0.408. The van der Waals surface area contributed by atoms with Gasteiger partial charge in [-0.3, -0.25) is 15.0 Å². The summed E-state index contributed by atoms with van der Waals surface area (Å²) in [5.74, 6) is 1.73. The molecule has 0 saturated heterocycles. The Labute approximate surface area is 196 Å². The molecule has 0 bridgehead atoms. The van der Waals surface area contributed by atoms with Crippen molar-refractivity contribution in [2.75, 3.05) is 0 Å². The maximum absolute atomic E-state index is 4.32. The van der Waals surface area contributed by atoms with Crippen LogP contribution in [0.2, 0.25) is 0 Å². The van der Waals surface area contributed by atoms with Crippen molar-refractivity contribution < 1.29 is 0 Å². The second-order valence-corrected chi connectivity index (χ2v) is 9.00. The third-order valence-corrected chi connectivity index (χ3v) is 5.36. The molecule has 0 aromatic carbocycles. The largest absolute Gasteiger partial charge is 0.261 e. The maximum Gasteiger partial charge on any atom is 0.0458 e. The molecule has 0 unspecified atom stereocenters. The van der Waals surface area contributed by atoms with Crippen molar-refractivity contribution >= 4 is 0 Å². The van der Waals surface area contributed by atoms with Crippen molar-refractivity contribution in [1.29, 1.82) is 0 Å². The molecule has 3 heteroatoms. The summed E-state index contributed by atoms with van der Waals surface area (Å²) in [6, 6.07) is 12.5. The molecule has 3 rings (SSSR count). The van der Waals surface area contributed by atoms with Gasteiger partial charge in [-0.25, -0.2) is 0 Å². The number of aromatic nitrogens is 3. The van der Waals surface area contributed by atoms with Gasteiger partial charge in [0.05, 0.1) is 0 Å². The highest BCUT2D eigenvalue weighted by molar-refractivity contribution is 5.23. The Morgan fingerprint density at radius 2 is 1.34 bits per heavy atom. The minimum Gasteiger partial charge on any atom is -0.261 e. The molecule has 3 aromatic heterocycles. The third kappa shape index (κ3) is 9.30. The number of hydrogen-bond acceptors (Lipinski definition) is 3. The Morgan fingerprint density at radius 3 is 1.75 bits per heavy atom. The first-order chi connectivity index (χ1) is 15.2. The number of aryl methyl sites for hydroxylation is 3. The zero-order valence-corrected chi connectivity index (χ0v) is 21.7. The lowest BCUT2D eigenvalue weighted by Gasteiger charge is -2.08. The van der Waals surface area contributed by atoms with E-state index < -0.39 is 0 Å². The number of pyridine rings is 3. The van der Waals surface area contributed by atoms with Gasteiger partial charge in [0.2, 0.25) is 0 Å². The molecule has 0 saturated carbocycles. The lowest BCUT2D eigenvalue weighted by molar-refractivity contribution is 0.811. The first-order valence-corrected chi connectivity index (χ1v) is 12.0. The van der Waals surface area contributed by atoms with E-state index in [4.69, 9.17) is 0 Å². The zero-order valence-electron chi connectivity index (χ0n) is 21.7. The fraction of sp³-hybridized carbons (Fsp3) is 0.483. The van der Waals surface area contributed by atoms with E-state index in [0.29, 0.717) is 17.8 Å². The van der Waals surface area contributed by atoms with Crippen molar-refractivity contribution in [3.63, 3.8) is 0 Å². The predicted molar refractivity (Wildman–Crippen MR) is 138 cm³/mol. The molecule has 0 aliphatic heterocycles. The Morgan fingerprint density at radius 1 is 0.688 bits per heavy atom. The molecule has 3 nitrogen and oxygen atoms in total. The first-order valence-electron chi connectivity index (χ1n) is 12.0. The second kappa shape index (κ2) is 14.5. The molecular formula is C29H43N3. The zero-order chi connectivity index (χ0) is 24.1. The number of nitrogens with zero attached hydrogens (tertiary/aromatic N) is 3. The van der Waals surface area contributed by atoms with Crippen molar-refractivity contribution in [2.24, 2.45) is 0 Å². The molecule has 0 fully saturated rings. The van der Waals surface area contributed by atoms with Crippen molar-refractivity contribution in [2.45, 2.75) is 92.9 Å². The van der Waals surface area contributed by atoms with Gasteiger partial charge in [-0.05, 0) is 72.4 Å². The molecule has 0 atom stereocenters. The van der Waals surface area contributed by atoms with E-state index in [9.17, 15) is 0 Å². The minimum absolute atomic E-state index is 0.543. The summed E-state index contributed by atoms with van der Waals surface area (Å²) in [5, 5.41) is 0. The van der Waals surface area contributed by atoms with Gasteiger partial charge >= 0.3 is 0 Å². The summed E-state index contributed by atoms with van der Waals surface area (Å²) in [6.45, 7) is 19.5. The van der Waals surface area contributed by atoms with Crippen LogP contribution in [0.4, 0.5) is 0 Å². The summed E-state index contributed by atoms with van der Waals surface area (Å²) in [4.78, 5) is 12.9. The van der Waals surface area contributed by atoms with Gasteiger partial charge in [-0.15, -0.1) is 0 Å². The molecule has 0 N–H and O–H groups in total. The van der Waals surface area contributed by atoms with Crippen molar-refractivity contribution in [3.05, 3.63) is 88.8 Å². The highest BCUT2D eigenvalue weighted by Gasteiger charge is 2.04. The molecule has 0 aliphatic carbocycles. The molecule has 3 aromatic rings. The number of rotatable bonds is 5. The molecule has 0 aliphatic rings. The van der Waals surface area contributed by atoms with Crippen LogP contribution < -0.4 is 0 Å². The van der Waals surface area contributed by atoms with E-state index in [1.165, 1.54) is 33.8 Å². The van der Waals surface area contributed by atoms with E-state index in [0.717, 1.165) is 12.8 Å². The van der Waals surface area contributed by atoms with Crippen LogP contribution in [0.5, 0.6) is 0 Å². The average molecular weight is 434 g/mol. The molecule has 0 radical (unpaired) electrons. The molecule has 3 heterocycles. The van der Waals surface area contributed by atoms with Gasteiger partial charge in [-0.1, -0.05) is 73.6 Å². The van der Waals surface area contributed by atoms with Crippen LogP contribution in [-0.2, 0) is 12.8 Å². The van der Waals surface area contributed by atoms with E-state index in [2.05, 4.69) is 102 Å². The summed E-state index contributed by atoms with van der Waals surface area (Å²) in [6.07, 6.45) is 7.75. The van der Waals surface area contributed by atoms with Crippen LogP contribution in [0, 0.1) is 6.92 Å². The molecule has 174 valence electrons. The summed E-state index contributed by atoms with van der Waals surface area (Å²) < 4.78 is 0. The van der Waals surface area contributed by atoms with Crippen LogP contribution in [0.15, 0.2) is 55.0 Å². The van der Waals surface area contributed by atoms with E-state index in [-0.39, 0.29) is 0 Å². The highest BCUT2D eigenvalue weighted by atomic mass is 14.7. The standard InChI is InChI=1S/2C10H15N.C9H13N/c1-4-10-6-5-9(7-11-10)8(2)3;1-4-10-9(8(2)3)6-5-7-11-10;1-7(2)9-8(3)5-4-6-10-9/h2*5-8H,4H2,1-3H3;4-7H,1-3H3. The lowest BCUT2D eigenvalue weighted by Crippen LogP contribution is -1.96.